The van der Waals surface area contributed by atoms with Crippen molar-refractivity contribution in [1.82, 2.24) is 10.6 Å². The number of nitrogens with one attached hydrogen (secondary N) is 2. The van der Waals surface area contributed by atoms with Gasteiger partial charge in [0.15, 0.2) is 12.5 Å². The molecule has 4 rings (SSSR count). The summed E-state index contributed by atoms with van der Waals surface area (Å²) in [6.07, 6.45) is 0.733. The van der Waals surface area contributed by atoms with Gasteiger partial charge < -0.3 is 18.9 Å². The van der Waals surface area contributed by atoms with E-state index in [0.29, 0.717) is 26.4 Å². The fourth-order valence-corrected chi connectivity index (χ4v) is 3.53. The van der Waals surface area contributed by atoms with Crippen LogP contribution in [0.15, 0.2) is 0 Å². The van der Waals surface area contributed by atoms with Crippen LogP contribution >= 0.6 is 0 Å². The van der Waals surface area contributed by atoms with Crippen molar-refractivity contribution in [2.75, 3.05) is 39.5 Å². The van der Waals surface area contributed by atoms with E-state index in [1.165, 1.54) is 0 Å². The van der Waals surface area contributed by atoms with E-state index >= 15 is 0 Å². The predicted octanol–water partition coefficient (Wildman–Crippen LogP) is -1.26. The van der Waals surface area contributed by atoms with Crippen molar-refractivity contribution in [3.63, 3.8) is 0 Å². The molecule has 122 valence electrons. The molecule has 2 spiro atoms. The van der Waals surface area contributed by atoms with Gasteiger partial charge in [-0.15, -0.1) is 0 Å². The fourth-order valence-electron chi connectivity index (χ4n) is 3.53. The molecule has 2 N–H and O–H groups in total. The smallest absolute Gasteiger partial charge is 0.419 e. The van der Waals surface area contributed by atoms with E-state index in [0.717, 1.165) is 25.9 Å². The molecule has 4 unspecified atom stereocenters. The molecule has 8 heteroatoms. The third-order valence-corrected chi connectivity index (χ3v) is 5.28. The van der Waals surface area contributed by atoms with Crippen LogP contribution in [0.3, 0.4) is 0 Å². The number of ether oxygens (including phenoxy) is 4. The van der Waals surface area contributed by atoms with Crippen molar-refractivity contribution in [3.8, 4) is 0 Å². The fraction of sp³-hybridized carbons (Fsp3) is 0.857. The van der Waals surface area contributed by atoms with Crippen LogP contribution in [0.2, 0.25) is 0 Å². The van der Waals surface area contributed by atoms with Crippen molar-refractivity contribution < 1.29 is 28.5 Å². The third kappa shape index (κ3) is 2.13. The highest BCUT2D eigenvalue weighted by Gasteiger charge is 2.54. The summed E-state index contributed by atoms with van der Waals surface area (Å²) in [5.41, 5.74) is -0.351. The summed E-state index contributed by atoms with van der Waals surface area (Å²) in [7, 11) is 0. The van der Waals surface area contributed by atoms with Crippen LogP contribution < -0.4 is 10.6 Å². The van der Waals surface area contributed by atoms with E-state index in [9.17, 15) is 9.59 Å². The molecule has 0 aromatic carbocycles. The first-order chi connectivity index (χ1) is 10.6. The normalized spacial score (nSPS) is 42.9. The predicted molar refractivity (Wildman–Crippen MR) is 71.5 cm³/mol. The van der Waals surface area contributed by atoms with Gasteiger partial charge in [0.25, 0.3) is 0 Å². The van der Waals surface area contributed by atoms with Crippen LogP contribution in [0.1, 0.15) is 12.8 Å². The summed E-state index contributed by atoms with van der Waals surface area (Å²) in [4.78, 5) is 23.9. The molecule has 4 saturated heterocycles. The van der Waals surface area contributed by atoms with Gasteiger partial charge in [0, 0.05) is 26.3 Å². The number of rotatable bonds is 2. The van der Waals surface area contributed by atoms with E-state index in [1.54, 1.807) is 0 Å². The topological polar surface area (TPSA) is 95.1 Å². The Morgan fingerprint density at radius 1 is 0.864 bits per heavy atom. The summed E-state index contributed by atoms with van der Waals surface area (Å²) in [6, 6.07) is 0. The summed E-state index contributed by atoms with van der Waals surface area (Å²) in [5.74, 6) is -1.91. The maximum absolute atomic E-state index is 11.9. The Hall–Kier alpha value is -1.22. The lowest BCUT2D eigenvalue weighted by Gasteiger charge is -2.46. The maximum atomic E-state index is 11.9. The highest BCUT2D eigenvalue weighted by atomic mass is 16.6. The second-order valence-corrected chi connectivity index (χ2v) is 6.66. The number of carbonyl (C=O) groups is 2. The summed E-state index contributed by atoms with van der Waals surface area (Å²) in [6.45, 7) is 3.91. The Balaban J connectivity index is 1.30. The maximum Gasteiger partial charge on any atom is 0.419 e. The van der Waals surface area contributed by atoms with Crippen molar-refractivity contribution in [1.29, 1.82) is 0 Å². The first-order valence-electron chi connectivity index (χ1n) is 7.68. The molecule has 4 aliphatic heterocycles. The minimum Gasteiger partial charge on any atom is -0.437 e. The number of hydrogen-bond acceptors (Lipinski definition) is 8. The standard InChI is InChI=1S/C14H20N2O6/c17-9(21-11-13(5-15-11)1-3-19-7-13)10(18)22-12-14(6-16-12)2-4-20-8-14/h11-12,15-16H,1-8H2. The second kappa shape index (κ2) is 5.16. The largest absolute Gasteiger partial charge is 0.437 e. The summed E-state index contributed by atoms with van der Waals surface area (Å²) in [5, 5.41) is 6.05. The number of carbonyl (C=O) groups excluding carboxylic acids is 2. The Kier molecular flexibility index (Phi) is 3.37. The lowest BCUT2D eigenvalue weighted by Crippen LogP contribution is -2.66. The highest BCUT2D eigenvalue weighted by Crippen LogP contribution is 2.40. The zero-order valence-corrected chi connectivity index (χ0v) is 12.3. The minimum absolute atomic E-state index is 0.175. The molecule has 0 aliphatic carbocycles. The van der Waals surface area contributed by atoms with E-state index in [4.69, 9.17) is 18.9 Å². The van der Waals surface area contributed by atoms with Crippen LogP contribution in [-0.4, -0.2) is 63.9 Å². The Morgan fingerprint density at radius 3 is 1.59 bits per heavy atom. The lowest BCUT2D eigenvalue weighted by atomic mass is 9.79. The van der Waals surface area contributed by atoms with Gasteiger partial charge in [-0.25, -0.2) is 9.59 Å². The quantitative estimate of drug-likeness (QED) is 0.482. The summed E-state index contributed by atoms with van der Waals surface area (Å²) < 4.78 is 21.2. The van der Waals surface area contributed by atoms with Gasteiger partial charge in [0.2, 0.25) is 0 Å². The van der Waals surface area contributed by atoms with Crippen molar-refractivity contribution in [2.45, 2.75) is 25.3 Å². The monoisotopic (exact) mass is 312 g/mol. The van der Waals surface area contributed by atoms with Crippen LogP contribution in [0.4, 0.5) is 0 Å². The molecule has 4 atom stereocenters. The minimum atomic E-state index is -0.953. The number of esters is 2. The second-order valence-electron chi connectivity index (χ2n) is 6.66. The molecule has 4 fully saturated rings. The van der Waals surface area contributed by atoms with E-state index < -0.39 is 24.4 Å². The Morgan fingerprint density at radius 2 is 1.32 bits per heavy atom. The average molecular weight is 312 g/mol. The van der Waals surface area contributed by atoms with E-state index in [2.05, 4.69) is 10.6 Å². The van der Waals surface area contributed by atoms with E-state index in [1.807, 2.05) is 0 Å². The molecule has 0 amide bonds. The molecule has 0 aromatic rings. The van der Waals surface area contributed by atoms with E-state index in [-0.39, 0.29) is 10.8 Å². The van der Waals surface area contributed by atoms with Gasteiger partial charge in [0.1, 0.15) is 0 Å². The van der Waals surface area contributed by atoms with Gasteiger partial charge in [0.05, 0.1) is 24.0 Å². The average Bonchev–Trinajstić information content (AvgIpc) is 3.18. The molecular formula is C14H20N2O6. The van der Waals surface area contributed by atoms with Crippen molar-refractivity contribution >= 4 is 11.9 Å². The molecule has 0 bridgehead atoms. The molecule has 8 nitrogen and oxygen atoms in total. The molecule has 4 heterocycles. The summed E-state index contributed by atoms with van der Waals surface area (Å²) >= 11 is 0. The highest BCUT2D eigenvalue weighted by molar-refractivity contribution is 6.29. The first kappa shape index (κ1) is 14.4. The van der Waals surface area contributed by atoms with Crippen LogP contribution in [-0.2, 0) is 28.5 Å². The SMILES string of the molecule is O=C(OC1NCC12CCOC2)C(=O)OC1NCC12CCOC2. The van der Waals surface area contributed by atoms with Gasteiger partial charge >= 0.3 is 11.9 Å². The van der Waals surface area contributed by atoms with Crippen LogP contribution in [0, 0.1) is 10.8 Å². The molecular weight excluding hydrogens is 292 g/mol. The molecule has 0 radical (unpaired) electrons. The Labute approximate surface area is 127 Å². The van der Waals surface area contributed by atoms with Crippen LogP contribution in [0.5, 0.6) is 0 Å². The van der Waals surface area contributed by atoms with Crippen molar-refractivity contribution in [2.24, 2.45) is 10.8 Å². The molecule has 0 aromatic heterocycles. The van der Waals surface area contributed by atoms with Gasteiger partial charge in [-0.3, -0.25) is 10.6 Å². The van der Waals surface area contributed by atoms with Crippen molar-refractivity contribution in [3.05, 3.63) is 0 Å². The van der Waals surface area contributed by atoms with Gasteiger partial charge in [-0.05, 0) is 12.8 Å². The first-order valence-corrected chi connectivity index (χ1v) is 7.68. The lowest BCUT2D eigenvalue weighted by molar-refractivity contribution is -0.197. The van der Waals surface area contributed by atoms with Gasteiger partial charge in [-0.2, -0.15) is 0 Å². The van der Waals surface area contributed by atoms with Gasteiger partial charge in [-0.1, -0.05) is 0 Å². The molecule has 22 heavy (non-hydrogen) atoms. The molecule has 0 saturated carbocycles. The zero-order chi connectivity index (χ0) is 15.2. The number of hydrogen-bond donors (Lipinski definition) is 2. The Bertz CT molecular complexity index is 440. The third-order valence-electron chi connectivity index (χ3n) is 5.28. The van der Waals surface area contributed by atoms with Crippen LogP contribution in [0.25, 0.3) is 0 Å². The molecule has 4 aliphatic rings. The zero-order valence-electron chi connectivity index (χ0n) is 12.3.